The number of hydrogen-bond acceptors (Lipinski definition) is 2. The lowest BCUT2D eigenvalue weighted by atomic mass is 9.89. The molecule has 1 saturated heterocycles. The van der Waals surface area contributed by atoms with Crippen molar-refractivity contribution in [1.82, 2.24) is 10.2 Å². The van der Waals surface area contributed by atoms with Crippen molar-refractivity contribution in [3.8, 4) is 0 Å². The first-order chi connectivity index (χ1) is 10.7. The number of likely N-dealkylation sites (tertiary alicyclic amines) is 1. The van der Waals surface area contributed by atoms with E-state index in [0.29, 0.717) is 25.0 Å². The number of amides is 2. The number of piperidine rings is 1. The van der Waals surface area contributed by atoms with E-state index in [1.165, 1.54) is 38.5 Å². The van der Waals surface area contributed by atoms with Gasteiger partial charge in [0.05, 0.1) is 5.92 Å². The molecule has 0 spiro atoms. The van der Waals surface area contributed by atoms with Gasteiger partial charge in [-0.1, -0.05) is 38.5 Å². The van der Waals surface area contributed by atoms with E-state index < -0.39 is 0 Å². The largest absolute Gasteiger partial charge is 0.353 e. The first-order valence-corrected chi connectivity index (χ1v) is 9.34. The predicted octanol–water partition coefficient (Wildman–Crippen LogP) is 3.01. The predicted molar refractivity (Wildman–Crippen MR) is 86.3 cm³/mol. The molecular weight excluding hydrogens is 276 g/mol. The summed E-state index contributed by atoms with van der Waals surface area (Å²) in [5.41, 5.74) is 0. The van der Waals surface area contributed by atoms with Crippen LogP contribution in [0.1, 0.15) is 77.0 Å². The number of carbonyl (C=O) groups excluding carboxylic acids is 2. The minimum atomic E-state index is 0.0153. The molecule has 0 aromatic carbocycles. The molecule has 3 rings (SSSR count). The number of nitrogens with one attached hydrogen (secondary N) is 1. The third-order valence-corrected chi connectivity index (χ3v) is 5.78. The van der Waals surface area contributed by atoms with Gasteiger partial charge < -0.3 is 10.2 Å². The third-order valence-electron chi connectivity index (χ3n) is 5.78. The second kappa shape index (κ2) is 7.47. The quantitative estimate of drug-likeness (QED) is 0.871. The van der Waals surface area contributed by atoms with Crippen LogP contribution in [-0.4, -0.2) is 35.3 Å². The monoisotopic (exact) mass is 306 g/mol. The van der Waals surface area contributed by atoms with Crippen LogP contribution in [-0.2, 0) is 9.59 Å². The van der Waals surface area contributed by atoms with E-state index in [4.69, 9.17) is 0 Å². The first kappa shape index (κ1) is 15.8. The topological polar surface area (TPSA) is 49.4 Å². The van der Waals surface area contributed by atoms with Crippen LogP contribution in [0.15, 0.2) is 0 Å². The highest BCUT2D eigenvalue weighted by Gasteiger charge is 2.35. The Morgan fingerprint density at radius 1 is 0.909 bits per heavy atom. The van der Waals surface area contributed by atoms with Gasteiger partial charge in [-0.25, -0.2) is 0 Å². The van der Waals surface area contributed by atoms with Crippen LogP contribution in [0.4, 0.5) is 0 Å². The summed E-state index contributed by atoms with van der Waals surface area (Å²) in [6.07, 6.45) is 13.3. The molecular formula is C18H30N2O2. The smallest absolute Gasteiger partial charge is 0.225 e. The molecule has 2 aliphatic carbocycles. The summed E-state index contributed by atoms with van der Waals surface area (Å²) < 4.78 is 0. The Bertz CT molecular complexity index is 398. The molecule has 1 N–H and O–H groups in total. The minimum Gasteiger partial charge on any atom is -0.353 e. The standard InChI is InChI=1S/C18H30N2O2/c21-17-12-11-14(13-20(17)16-9-5-2-6-10-16)18(22)19-15-7-3-1-4-8-15/h14-16H,1-13H2,(H,19,22). The second-order valence-electron chi connectivity index (χ2n) is 7.42. The van der Waals surface area contributed by atoms with E-state index in [1.54, 1.807) is 0 Å². The maximum Gasteiger partial charge on any atom is 0.225 e. The van der Waals surface area contributed by atoms with Gasteiger partial charge in [0.1, 0.15) is 0 Å². The highest BCUT2D eigenvalue weighted by molar-refractivity contribution is 5.84. The maximum absolute atomic E-state index is 12.6. The normalized spacial score (nSPS) is 28.6. The molecule has 2 saturated carbocycles. The van der Waals surface area contributed by atoms with Gasteiger partial charge in [0.2, 0.25) is 11.8 Å². The number of carbonyl (C=O) groups is 2. The molecule has 1 atom stereocenters. The molecule has 1 unspecified atom stereocenters. The fourth-order valence-corrected chi connectivity index (χ4v) is 4.40. The van der Waals surface area contributed by atoms with Gasteiger partial charge in [-0.3, -0.25) is 9.59 Å². The van der Waals surface area contributed by atoms with Crippen LogP contribution in [0.25, 0.3) is 0 Å². The van der Waals surface area contributed by atoms with Gasteiger partial charge >= 0.3 is 0 Å². The molecule has 22 heavy (non-hydrogen) atoms. The summed E-state index contributed by atoms with van der Waals surface area (Å²) in [5.74, 6) is 0.482. The van der Waals surface area contributed by atoms with Gasteiger partial charge in [0.15, 0.2) is 0 Å². The van der Waals surface area contributed by atoms with Crippen LogP contribution in [0.5, 0.6) is 0 Å². The Labute approximate surface area is 134 Å². The van der Waals surface area contributed by atoms with Gasteiger partial charge in [-0.2, -0.15) is 0 Å². The molecule has 0 radical (unpaired) electrons. The summed E-state index contributed by atoms with van der Waals surface area (Å²) >= 11 is 0. The van der Waals surface area contributed by atoms with Crippen molar-refractivity contribution < 1.29 is 9.59 Å². The molecule has 4 heteroatoms. The van der Waals surface area contributed by atoms with Crippen molar-refractivity contribution in [1.29, 1.82) is 0 Å². The van der Waals surface area contributed by atoms with E-state index in [9.17, 15) is 9.59 Å². The molecule has 0 aromatic rings. The Morgan fingerprint density at radius 2 is 1.55 bits per heavy atom. The van der Waals surface area contributed by atoms with E-state index in [2.05, 4.69) is 5.32 Å². The average molecular weight is 306 g/mol. The first-order valence-electron chi connectivity index (χ1n) is 9.34. The minimum absolute atomic E-state index is 0.0153. The van der Waals surface area contributed by atoms with Crippen LogP contribution in [0.2, 0.25) is 0 Å². The lowest BCUT2D eigenvalue weighted by molar-refractivity contribution is -0.141. The highest BCUT2D eigenvalue weighted by atomic mass is 16.2. The average Bonchev–Trinajstić information content (AvgIpc) is 2.57. The SMILES string of the molecule is O=C(NC1CCCCC1)C1CCC(=O)N(C2CCCCC2)C1. The zero-order chi connectivity index (χ0) is 15.4. The fourth-order valence-electron chi connectivity index (χ4n) is 4.40. The number of nitrogens with zero attached hydrogens (tertiary/aromatic N) is 1. The summed E-state index contributed by atoms with van der Waals surface area (Å²) in [5, 5.41) is 3.25. The molecule has 1 aliphatic heterocycles. The van der Waals surface area contributed by atoms with Crippen molar-refractivity contribution in [2.24, 2.45) is 5.92 Å². The summed E-state index contributed by atoms with van der Waals surface area (Å²) in [6.45, 7) is 0.655. The van der Waals surface area contributed by atoms with Gasteiger partial charge in [0, 0.05) is 25.0 Å². The van der Waals surface area contributed by atoms with Crippen LogP contribution in [0, 0.1) is 5.92 Å². The maximum atomic E-state index is 12.6. The molecule has 3 aliphatic rings. The molecule has 124 valence electrons. The van der Waals surface area contributed by atoms with E-state index >= 15 is 0 Å². The summed E-state index contributed by atoms with van der Waals surface area (Å²) in [7, 11) is 0. The Kier molecular flexibility index (Phi) is 5.37. The summed E-state index contributed by atoms with van der Waals surface area (Å²) in [6, 6.07) is 0.772. The molecule has 1 heterocycles. The van der Waals surface area contributed by atoms with E-state index in [1.807, 2.05) is 4.90 Å². The fraction of sp³-hybridized carbons (Fsp3) is 0.889. The van der Waals surface area contributed by atoms with Gasteiger partial charge in [-0.05, 0) is 32.1 Å². The van der Waals surface area contributed by atoms with Gasteiger partial charge in [-0.15, -0.1) is 0 Å². The zero-order valence-corrected chi connectivity index (χ0v) is 13.7. The van der Waals surface area contributed by atoms with Crippen LogP contribution >= 0.6 is 0 Å². The van der Waals surface area contributed by atoms with Crippen molar-refractivity contribution in [2.45, 2.75) is 89.1 Å². The van der Waals surface area contributed by atoms with Crippen LogP contribution in [0.3, 0.4) is 0 Å². The molecule has 0 bridgehead atoms. The van der Waals surface area contributed by atoms with E-state index in [0.717, 1.165) is 32.1 Å². The zero-order valence-electron chi connectivity index (χ0n) is 13.7. The van der Waals surface area contributed by atoms with Crippen molar-refractivity contribution in [3.63, 3.8) is 0 Å². The van der Waals surface area contributed by atoms with E-state index in [-0.39, 0.29) is 17.7 Å². The number of hydrogen-bond donors (Lipinski definition) is 1. The lowest BCUT2D eigenvalue weighted by Gasteiger charge is -2.40. The Balaban J connectivity index is 1.54. The Morgan fingerprint density at radius 3 is 2.23 bits per heavy atom. The molecule has 0 aromatic heterocycles. The van der Waals surface area contributed by atoms with Crippen LogP contribution < -0.4 is 5.32 Å². The molecule has 2 amide bonds. The Hall–Kier alpha value is -1.06. The third kappa shape index (κ3) is 3.82. The lowest BCUT2D eigenvalue weighted by Crippen LogP contribution is -2.51. The molecule has 4 nitrogen and oxygen atoms in total. The highest BCUT2D eigenvalue weighted by Crippen LogP contribution is 2.28. The second-order valence-corrected chi connectivity index (χ2v) is 7.42. The van der Waals surface area contributed by atoms with Crippen molar-refractivity contribution >= 4 is 11.8 Å². The van der Waals surface area contributed by atoms with Crippen molar-refractivity contribution in [2.75, 3.05) is 6.54 Å². The molecule has 3 fully saturated rings. The van der Waals surface area contributed by atoms with Crippen molar-refractivity contribution in [3.05, 3.63) is 0 Å². The number of rotatable bonds is 3. The summed E-state index contributed by atoms with van der Waals surface area (Å²) in [4.78, 5) is 26.8. The van der Waals surface area contributed by atoms with Gasteiger partial charge in [0.25, 0.3) is 0 Å².